The second-order valence-corrected chi connectivity index (χ2v) is 6.09. The minimum Gasteiger partial charge on any atom is -0.369 e. The molecule has 6 heteroatoms. The van der Waals surface area contributed by atoms with Crippen LogP contribution in [0.5, 0.6) is 0 Å². The molecule has 1 fully saturated rings. The minimum atomic E-state index is -0.260. The van der Waals surface area contributed by atoms with E-state index in [4.69, 9.17) is 5.73 Å². The molecule has 21 heavy (non-hydrogen) atoms. The molecule has 114 valence electrons. The Kier molecular flexibility index (Phi) is 5.61. The third kappa shape index (κ3) is 4.46. The molecule has 1 aliphatic heterocycles. The predicted molar refractivity (Wildman–Crippen MR) is 84.7 cm³/mol. The number of nitrogens with one attached hydrogen (secondary N) is 1. The topological polar surface area (TPSA) is 75.4 Å². The van der Waals surface area contributed by atoms with Gasteiger partial charge >= 0.3 is 6.03 Å². The summed E-state index contributed by atoms with van der Waals surface area (Å²) >= 11 is 3.49. The lowest BCUT2D eigenvalue weighted by molar-refractivity contribution is -0.123. The maximum Gasteiger partial charge on any atom is 0.317 e. The van der Waals surface area contributed by atoms with Gasteiger partial charge in [-0.2, -0.15) is 0 Å². The molecule has 1 saturated heterocycles. The Balaban J connectivity index is 1.73. The van der Waals surface area contributed by atoms with E-state index in [-0.39, 0.29) is 17.9 Å². The molecule has 2 rings (SSSR count). The highest BCUT2D eigenvalue weighted by Gasteiger charge is 2.25. The van der Waals surface area contributed by atoms with Gasteiger partial charge in [-0.3, -0.25) is 4.79 Å². The van der Waals surface area contributed by atoms with Crippen molar-refractivity contribution in [2.45, 2.75) is 19.3 Å². The van der Waals surface area contributed by atoms with Gasteiger partial charge in [0, 0.05) is 30.0 Å². The Labute approximate surface area is 133 Å². The number of carbonyl (C=O) groups excluding carboxylic acids is 2. The van der Waals surface area contributed by atoms with Crippen molar-refractivity contribution in [1.82, 2.24) is 10.2 Å². The average Bonchev–Trinajstić information content (AvgIpc) is 2.49. The Morgan fingerprint density at radius 3 is 2.57 bits per heavy atom. The number of likely N-dealkylation sites (tertiary alicyclic amines) is 1. The summed E-state index contributed by atoms with van der Waals surface area (Å²) in [4.78, 5) is 24.9. The molecule has 0 aliphatic carbocycles. The van der Waals surface area contributed by atoms with Crippen molar-refractivity contribution in [3.8, 4) is 0 Å². The summed E-state index contributed by atoms with van der Waals surface area (Å²) in [5.41, 5.74) is 6.46. The third-order valence-corrected chi connectivity index (χ3v) is 4.59. The quantitative estimate of drug-likeness (QED) is 0.867. The molecule has 1 aromatic rings. The molecule has 1 aliphatic rings. The van der Waals surface area contributed by atoms with E-state index in [9.17, 15) is 9.59 Å². The van der Waals surface area contributed by atoms with Crippen molar-refractivity contribution in [2.75, 3.05) is 19.6 Å². The summed E-state index contributed by atoms with van der Waals surface area (Å²) in [6, 6.07) is 7.91. The van der Waals surface area contributed by atoms with Crippen molar-refractivity contribution in [2.24, 2.45) is 11.7 Å². The van der Waals surface area contributed by atoms with Crippen LogP contribution in [0.15, 0.2) is 28.7 Å². The summed E-state index contributed by atoms with van der Waals surface area (Å²) in [5.74, 6) is -0.349. The van der Waals surface area contributed by atoms with Crippen LogP contribution in [0, 0.1) is 5.92 Å². The fourth-order valence-corrected chi connectivity index (χ4v) is 2.97. The molecule has 0 atom stereocenters. The van der Waals surface area contributed by atoms with Gasteiger partial charge in [0.15, 0.2) is 0 Å². The van der Waals surface area contributed by atoms with Crippen molar-refractivity contribution in [3.05, 3.63) is 34.3 Å². The van der Waals surface area contributed by atoms with E-state index in [1.54, 1.807) is 4.90 Å². The second kappa shape index (κ2) is 7.45. The lowest BCUT2D eigenvalue weighted by atomic mass is 9.96. The van der Waals surface area contributed by atoms with Gasteiger partial charge in [0.25, 0.3) is 0 Å². The fraction of sp³-hybridized carbons (Fsp3) is 0.467. The summed E-state index contributed by atoms with van der Waals surface area (Å²) in [5, 5.41) is 2.92. The highest BCUT2D eigenvalue weighted by molar-refractivity contribution is 9.10. The van der Waals surface area contributed by atoms with Gasteiger partial charge in [-0.15, -0.1) is 0 Å². The molecule has 3 N–H and O–H groups in total. The maximum absolute atomic E-state index is 12.0. The molecule has 0 radical (unpaired) electrons. The van der Waals surface area contributed by atoms with Crippen molar-refractivity contribution < 1.29 is 9.59 Å². The highest BCUT2D eigenvalue weighted by atomic mass is 79.9. The van der Waals surface area contributed by atoms with Gasteiger partial charge in [0.05, 0.1) is 0 Å². The van der Waals surface area contributed by atoms with E-state index in [2.05, 4.69) is 21.2 Å². The Hall–Kier alpha value is -1.56. The maximum atomic E-state index is 12.0. The Morgan fingerprint density at radius 2 is 1.95 bits per heavy atom. The van der Waals surface area contributed by atoms with Crippen molar-refractivity contribution >= 4 is 27.9 Å². The summed E-state index contributed by atoms with van der Waals surface area (Å²) in [6.07, 6.45) is 2.10. The van der Waals surface area contributed by atoms with Crippen LogP contribution in [0.25, 0.3) is 0 Å². The standard InChI is InChI=1S/C15H20BrN3O2/c16-13-4-2-1-3-11(13)5-8-18-15(21)19-9-6-12(7-10-19)14(17)20/h1-4,12H,5-10H2,(H2,17,20)(H,18,21). The molecule has 1 heterocycles. The highest BCUT2D eigenvalue weighted by Crippen LogP contribution is 2.17. The number of hydrogen-bond donors (Lipinski definition) is 2. The first-order chi connectivity index (χ1) is 10.1. The van der Waals surface area contributed by atoms with Gasteiger partial charge in [0.1, 0.15) is 0 Å². The van der Waals surface area contributed by atoms with Crippen LogP contribution < -0.4 is 11.1 Å². The first-order valence-corrected chi connectivity index (χ1v) is 7.92. The van der Waals surface area contributed by atoms with Crippen molar-refractivity contribution in [3.63, 3.8) is 0 Å². The Morgan fingerprint density at radius 1 is 1.29 bits per heavy atom. The number of hydrogen-bond acceptors (Lipinski definition) is 2. The number of amides is 3. The first-order valence-electron chi connectivity index (χ1n) is 7.13. The van der Waals surface area contributed by atoms with Crippen LogP contribution in [0.1, 0.15) is 18.4 Å². The fourth-order valence-electron chi connectivity index (χ4n) is 2.48. The molecule has 0 bridgehead atoms. The molecular formula is C15H20BrN3O2. The first kappa shape index (κ1) is 15.8. The van der Waals surface area contributed by atoms with Gasteiger partial charge in [0.2, 0.25) is 5.91 Å². The van der Waals surface area contributed by atoms with Gasteiger partial charge in [-0.1, -0.05) is 34.1 Å². The number of carbonyl (C=O) groups is 2. The smallest absolute Gasteiger partial charge is 0.317 e. The van der Waals surface area contributed by atoms with E-state index < -0.39 is 0 Å². The van der Waals surface area contributed by atoms with Crippen LogP contribution in [-0.4, -0.2) is 36.5 Å². The zero-order valence-electron chi connectivity index (χ0n) is 11.8. The van der Waals surface area contributed by atoms with Gasteiger partial charge in [-0.05, 0) is 30.9 Å². The lowest BCUT2D eigenvalue weighted by Crippen LogP contribution is -2.46. The lowest BCUT2D eigenvalue weighted by Gasteiger charge is -2.30. The molecular weight excluding hydrogens is 334 g/mol. The number of primary amides is 1. The van der Waals surface area contributed by atoms with Crippen LogP contribution in [0.2, 0.25) is 0 Å². The average molecular weight is 354 g/mol. The number of urea groups is 1. The summed E-state index contributed by atoms with van der Waals surface area (Å²) < 4.78 is 1.06. The van der Waals surface area contributed by atoms with Gasteiger partial charge < -0.3 is 16.0 Å². The number of rotatable bonds is 4. The van der Waals surface area contributed by atoms with E-state index in [0.717, 1.165) is 10.9 Å². The monoisotopic (exact) mass is 353 g/mol. The number of halogens is 1. The molecule has 0 aromatic heterocycles. The van der Waals surface area contributed by atoms with E-state index in [0.29, 0.717) is 32.5 Å². The summed E-state index contributed by atoms with van der Waals surface area (Å²) in [7, 11) is 0. The van der Waals surface area contributed by atoms with Crippen molar-refractivity contribution in [1.29, 1.82) is 0 Å². The number of piperidine rings is 1. The number of nitrogens with zero attached hydrogens (tertiary/aromatic N) is 1. The molecule has 0 spiro atoms. The van der Waals surface area contributed by atoms with Gasteiger partial charge in [-0.25, -0.2) is 4.79 Å². The second-order valence-electron chi connectivity index (χ2n) is 5.24. The SMILES string of the molecule is NC(=O)C1CCN(C(=O)NCCc2ccccc2Br)CC1. The van der Waals surface area contributed by atoms with Crippen LogP contribution in [0.3, 0.4) is 0 Å². The molecule has 0 saturated carbocycles. The molecule has 3 amide bonds. The molecule has 1 aromatic carbocycles. The molecule has 5 nitrogen and oxygen atoms in total. The third-order valence-electron chi connectivity index (χ3n) is 3.81. The van der Waals surface area contributed by atoms with Crippen LogP contribution in [-0.2, 0) is 11.2 Å². The Bertz CT molecular complexity index is 513. The number of benzene rings is 1. The zero-order chi connectivity index (χ0) is 15.2. The largest absolute Gasteiger partial charge is 0.369 e. The predicted octanol–water partition coefficient (Wildman–Crippen LogP) is 1.90. The minimum absolute atomic E-state index is 0.0648. The van der Waals surface area contributed by atoms with E-state index in [1.807, 2.05) is 24.3 Å². The van der Waals surface area contributed by atoms with E-state index in [1.165, 1.54) is 5.56 Å². The van der Waals surface area contributed by atoms with Crippen LogP contribution in [0.4, 0.5) is 4.79 Å². The zero-order valence-corrected chi connectivity index (χ0v) is 13.4. The summed E-state index contributed by atoms with van der Waals surface area (Å²) in [6.45, 7) is 1.78. The normalized spacial score (nSPS) is 15.8. The van der Waals surface area contributed by atoms with Crippen LogP contribution >= 0.6 is 15.9 Å². The van der Waals surface area contributed by atoms with E-state index >= 15 is 0 Å². The number of nitrogens with two attached hydrogens (primary N) is 1. The molecule has 0 unspecified atom stereocenters.